The van der Waals surface area contributed by atoms with Crippen LogP contribution in [0.5, 0.6) is 0 Å². The Kier molecular flexibility index (Phi) is 5.40. The van der Waals surface area contributed by atoms with E-state index in [9.17, 15) is 9.70 Å². The maximum absolute atomic E-state index is 10.5. The third kappa shape index (κ3) is 3.06. The Balaban J connectivity index is 3.93. The van der Waals surface area contributed by atoms with Gasteiger partial charge >= 0.3 is 0 Å². The molecule has 0 rings (SSSR count). The molecule has 70 valence electrons. The molecule has 0 heterocycles. The van der Waals surface area contributed by atoms with Crippen molar-refractivity contribution in [3.8, 4) is 0 Å². The summed E-state index contributed by atoms with van der Waals surface area (Å²) in [4.78, 5) is 20.8. The molecule has 0 aliphatic rings. The van der Waals surface area contributed by atoms with Crippen LogP contribution in [-0.4, -0.2) is 25.5 Å². The van der Waals surface area contributed by atoms with E-state index < -0.39 is 5.66 Å². The molecule has 0 aromatic carbocycles. The second-order valence-corrected chi connectivity index (χ2v) is 2.63. The second-order valence-electron chi connectivity index (χ2n) is 2.63. The van der Waals surface area contributed by atoms with Crippen LogP contribution in [0.2, 0.25) is 0 Å². The van der Waals surface area contributed by atoms with Gasteiger partial charge in [0.15, 0.2) is 6.29 Å². The Bertz CT molecular complexity index is 142. The molecule has 0 saturated heterocycles. The van der Waals surface area contributed by atoms with E-state index >= 15 is 0 Å². The van der Waals surface area contributed by atoms with Crippen LogP contribution in [0.3, 0.4) is 0 Å². The Hall–Kier alpha value is -0.810. The lowest BCUT2D eigenvalue weighted by Crippen LogP contribution is -2.42. The van der Waals surface area contributed by atoms with Crippen LogP contribution in [0, 0.1) is 4.91 Å². The van der Waals surface area contributed by atoms with Gasteiger partial charge < -0.3 is 5.73 Å². The average molecular weight is 173 g/mol. The minimum absolute atomic E-state index is 0.410. The van der Waals surface area contributed by atoms with Gasteiger partial charge in [-0.1, -0.05) is 0 Å². The van der Waals surface area contributed by atoms with Gasteiger partial charge in [0.25, 0.3) is 0 Å². The summed E-state index contributed by atoms with van der Waals surface area (Å²) in [6.45, 7) is 0.567. The summed E-state index contributed by atoms with van der Waals surface area (Å²) in [6.07, 6.45) is 2.47. The second kappa shape index (κ2) is 5.79. The van der Waals surface area contributed by atoms with E-state index in [4.69, 9.17) is 5.73 Å². The van der Waals surface area contributed by atoms with Crippen molar-refractivity contribution in [1.29, 1.82) is 0 Å². The van der Waals surface area contributed by atoms with Gasteiger partial charge in [0.2, 0.25) is 5.66 Å². The molecule has 0 bridgehead atoms. The highest BCUT2D eigenvalue weighted by atomic mass is 16.3. The fourth-order valence-electron chi connectivity index (χ4n) is 0.894. The lowest BCUT2D eigenvalue weighted by Gasteiger charge is -2.17. The molecule has 0 aliphatic carbocycles. The third-order valence-corrected chi connectivity index (χ3v) is 1.80. The SMILES string of the molecule is CN[C@](C=O)(CCCCN)N=O. The molecule has 0 radical (unpaired) electrons. The Morgan fingerprint density at radius 3 is 2.58 bits per heavy atom. The number of hydrogen-bond donors (Lipinski definition) is 2. The number of nitrogens with two attached hydrogens (primary N) is 1. The molecule has 0 spiro atoms. The van der Waals surface area contributed by atoms with Crippen LogP contribution >= 0.6 is 0 Å². The van der Waals surface area contributed by atoms with Gasteiger partial charge in [-0.2, -0.15) is 0 Å². The summed E-state index contributed by atoms with van der Waals surface area (Å²) < 4.78 is 0. The maximum atomic E-state index is 10.5. The summed E-state index contributed by atoms with van der Waals surface area (Å²) in [6, 6.07) is 0. The van der Waals surface area contributed by atoms with Gasteiger partial charge in [0.05, 0.1) is 0 Å². The first-order valence-corrected chi connectivity index (χ1v) is 3.94. The molecular weight excluding hydrogens is 158 g/mol. The summed E-state index contributed by atoms with van der Waals surface area (Å²) >= 11 is 0. The lowest BCUT2D eigenvalue weighted by atomic mass is 10.1. The van der Waals surface area contributed by atoms with Gasteiger partial charge in [-0.15, -0.1) is 4.91 Å². The van der Waals surface area contributed by atoms with Gasteiger partial charge in [-0.25, -0.2) is 0 Å². The van der Waals surface area contributed by atoms with Gasteiger partial charge in [0.1, 0.15) is 0 Å². The normalized spacial score (nSPS) is 15.2. The zero-order valence-electron chi connectivity index (χ0n) is 7.25. The van der Waals surface area contributed by atoms with E-state index in [-0.39, 0.29) is 0 Å². The summed E-state index contributed by atoms with van der Waals surface area (Å²) in [5.74, 6) is 0. The van der Waals surface area contributed by atoms with Crippen molar-refractivity contribution < 1.29 is 4.79 Å². The molecule has 0 aliphatic heterocycles. The number of aldehydes is 1. The number of nitroso groups, excluding NO2 is 1. The van der Waals surface area contributed by atoms with Crippen molar-refractivity contribution in [2.24, 2.45) is 10.9 Å². The van der Waals surface area contributed by atoms with Crippen molar-refractivity contribution in [2.45, 2.75) is 24.9 Å². The molecular formula is C7H15N3O2. The van der Waals surface area contributed by atoms with E-state index in [1.165, 1.54) is 7.05 Å². The number of unbranched alkanes of at least 4 members (excludes halogenated alkanes) is 1. The summed E-state index contributed by atoms with van der Waals surface area (Å²) in [5, 5.41) is 5.34. The fourth-order valence-corrected chi connectivity index (χ4v) is 0.894. The number of nitrogens with one attached hydrogen (secondary N) is 1. The Morgan fingerprint density at radius 1 is 1.58 bits per heavy atom. The first-order chi connectivity index (χ1) is 5.74. The van der Waals surface area contributed by atoms with Crippen LogP contribution in [0.15, 0.2) is 5.18 Å². The van der Waals surface area contributed by atoms with E-state index in [2.05, 4.69) is 10.5 Å². The third-order valence-electron chi connectivity index (χ3n) is 1.80. The van der Waals surface area contributed by atoms with Crippen molar-refractivity contribution in [1.82, 2.24) is 5.32 Å². The summed E-state index contributed by atoms with van der Waals surface area (Å²) in [5.41, 5.74) is 4.02. The molecule has 0 amide bonds. The van der Waals surface area contributed by atoms with E-state index in [0.29, 0.717) is 19.3 Å². The number of carbonyl (C=O) groups excluding carboxylic acids is 1. The molecule has 1 atom stereocenters. The van der Waals surface area contributed by atoms with Crippen molar-refractivity contribution >= 4 is 6.29 Å². The predicted molar refractivity (Wildman–Crippen MR) is 46.6 cm³/mol. The zero-order valence-corrected chi connectivity index (χ0v) is 7.25. The highest BCUT2D eigenvalue weighted by Crippen LogP contribution is 2.12. The molecule has 3 N–H and O–H groups in total. The quantitative estimate of drug-likeness (QED) is 0.322. The molecule has 0 saturated carbocycles. The minimum atomic E-state index is -1.24. The van der Waals surface area contributed by atoms with Crippen LogP contribution in [-0.2, 0) is 4.79 Å². The number of hydrogen-bond acceptors (Lipinski definition) is 5. The van der Waals surface area contributed by atoms with Crippen molar-refractivity contribution in [3.05, 3.63) is 4.91 Å². The first-order valence-electron chi connectivity index (χ1n) is 3.94. The molecule has 0 aromatic rings. The number of nitrogens with zero attached hydrogens (tertiary/aromatic N) is 1. The number of rotatable bonds is 7. The number of likely N-dealkylation sites (N-methyl/N-ethyl adjacent to an activating group) is 1. The van der Waals surface area contributed by atoms with Crippen LogP contribution in [0.25, 0.3) is 0 Å². The highest BCUT2D eigenvalue weighted by Gasteiger charge is 2.27. The largest absolute Gasteiger partial charge is 0.330 e. The average Bonchev–Trinajstić information content (AvgIpc) is 2.14. The van der Waals surface area contributed by atoms with Crippen LogP contribution in [0.1, 0.15) is 19.3 Å². The smallest absolute Gasteiger partial charge is 0.208 e. The monoisotopic (exact) mass is 173 g/mol. The van der Waals surface area contributed by atoms with Gasteiger partial charge in [-0.05, 0) is 38.0 Å². The van der Waals surface area contributed by atoms with Gasteiger partial charge in [-0.3, -0.25) is 10.1 Å². The molecule has 0 aromatic heterocycles. The first kappa shape index (κ1) is 11.2. The number of carbonyl (C=O) groups is 1. The van der Waals surface area contributed by atoms with E-state index in [1.807, 2.05) is 0 Å². The molecule has 12 heavy (non-hydrogen) atoms. The molecule has 5 nitrogen and oxygen atoms in total. The van der Waals surface area contributed by atoms with Crippen molar-refractivity contribution in [2.75, 3.05) is 13.6 Å². The predicted octanol–water partition coefficient (Wildman–Crippen LogP) is -0.00360. The highest BCUT2D eigenvalue weighted by molar-refractivity contribution is 5.63. The topological polar surface area (TPSA) is 84.6 Å². The Morgan fingerprint density at radius 2 is 2.25 bits per heavy atom. The van der Waals surface area contributed by atoms with Gasteiger partial charge in [0, 0.05) is 0 Å². The lowest BCUT2D eigenvalue weighted by molar-refractivity contribution is -0.113. The van der Waals surface area contributed by atoms with Crippen LogP contribution in [0.4, 0.5) is 0 Å². The zero-order chi connectivity index (χ0) is 9.45. The maximum Gasteiger partial charge on any atom is 0.208 e. The molecule has 0 unspecified atom stereocenters. The molecule has 0 fully saturated rings. The molecule has 5 heteroatoms. The minimum Gasteiger partial charge on any atom is -0.330 e. The Labute approximate surface area is 71.7 Å². The summed E-state index contributed by atoms with van der Waals surface area (Å²) in [7, 11) is 1.54. The fraction of sp³-hybridized carbons (Fsp3) is 0.857. The standard InChI is InChI=1S/C7H15N3O2/c1-9-7(6-11,10-12)4-2-3-5-8/h6,9H,2-5,8H2,1H3/t7-/m1/s1. The van der Waals surface area contributed by atoms with E-state index in [1.54, 1.807) is 0 Å². The van der Waals surface area contributed by atoms with E-state index in [0.717, 1.165) is 12.8 Å². The van der Waals surface area contributed by atoms with Crippen molar-refractivity contribution in [3.63, 3.8) is 0 Å². The van der Waals surface area contributed by atoms with Crippen LogP contribution < -0.4 is 11.1 Å².